The van der Waals surface area contributed by atoms with Crippen molar-refractivity contribution in [2.24, 2.45) is 5.92 Å². The molecule has 0 unspecified atom stereocenters. The van der Waals surface area contributed by atoms with E-state index in [0.717, 1.165) is 38.8 Å². The molecule has 2 fully saturated rings. The summed E-state index contributed by atoms with van der Waals surface area (Å²) in [7, 11) is 1.53. The zero-order chi connectivity index (χ0) is 17.6. The first kappa shape index (κ1) is 17.9. The monoisotopic (exact) mass is 344 g/mol. The normalized spacial score (nSPS) is 19.9. The van der Waals surface area contributed by atoms with E-state index in [9.17, 15) is 9.59 Å². The molecule has 0 aromatic heterocycles. The fraction of sp³-hybridized carbons (Fsp3) is 0.600. The van der Waals surface area contributed by atoms with Crippen LogP contribution in [0.1, 0.15) is 37.2 Å². The highest BCUT2D eigenvalue weighted by Gasteiger charge is 2.32. The van der Waals surface area contributed by atoms with Crippen molar-refractivity contribution in [3.63, 3.8) is 0 Å². The average Bonchev–Trinajstić information content (AvgIpc) is 2.68. The van der Waals surface area contributed by atoms with Gasteiger partial charge in [-0.3, -0.25) is 9.59 Å². The highest BCUT2D eigenvalue weighted by atomic mass is 16.5. The first-order valence-corrected chi connectivity index (χ1v) is 9.29. The standard InChI is InChI=1S/C20H28N2O3/c1-25-15-19(23)21-11-9-18(10-12-21)20(24)22-13-7-17(8-14-22)16-5-3-2-4-6-16/h2-6,17-18H,7-15H2,1H3. The Hall–Kier alpha value is -1.88. The van der Waals surface area contributed by atoms with Gasteiger partial charge in [-0.05, 0) is 37.2 Å². The van der Waals surface area contributed by atoms with Crippen molar-refractivity contribution in [1.82, 2.24) is 9.80 Å². The van der Waals surface area contributed by atoms with Crippen LogP contribution in [0.5, 0.6) is 0 Å². The number of nitrogens with zero attached hydrogens (tertiary/aromatic N) is 2. The topological polar surface area (TPSA) is 49.9 Å². The minimum Gasteiger partial charge on any atom is -0.375 e. The van der Waals surface area contributed by atoms with Gasteiger partial charge in [0.25, 0.3) is 0 Å². The Morgan fingerprint density at radius 1 is 0.960 bits per heavy atom. The summed E-state index contributed by atoms with van der Waals surface area (Å²) >= 11 is 0. The third kappa shape index (κ3) is 4.40. The van der Waals surface area contributed by atoms with Crippen LogP contribution < -0.4 is 0 Å². The number of likely N-dealkylation sites (tertiary alicyclic amines) is 2. The average molecular weight is 344 g/mol. The smallest absolute Gasteiger partial charge is 0.248 e. The van der Waals surface area contributed by atoms with Crippen LogP contribution in [0.2, 0.25) is 0 Å². The fourth-order valence-corrected chi connectivity index (χ4v) is 4.01. The largest absolute Gasteiger partial charge is 0.375 e. The van der Waals surface area contributed by atoms with Gasteiger partial charge in [0, 0.05) is 39.2 Å². The molecule has 3 rings (SSSR count). The van der Waals surface area contributed by atoms with E-state index in [0.29, 0.717) is 19.0 Å². The summed E-state index contributed by atoms with van der Waals surface area (Å²) in [6, 6.07) is 10.6. The Morgan fingerprint density at radius 2 is 1.56 bits per heavy atom. The number of piperidine rings is 2. The number of benzene rings is 1. The number of rotatable bonds is 4. The lowest BCUT2D eigenvalue weighted by Crippen LogP contribution is -2.47. The number of carbonyl (C=O) groups excluding carboxylic acids is 2. The number of carbonyl (C=O) groups is 2. The van der Waals surface area contributed by atoms with Crippen LogP contribution in [0.25, 0.3) is 0 Å². The number of methoxy groups -OCH3 is 1. The molecule has 0 atom stereocenters. The third-order valence-electron chi connectivity index (χ3n) is 5.54. The molecule has 0 bridgehead atoms. The molecular weight excluding hydrogens is 316 g/mol. The molecule has 2 amide bonds. The van der Waals surface area contributed by atoms with E-state index in [1.54, 1.807) is 0 Å². The van der Waals surface area contributed by atoms with E-state index in [-0.39, 0.29) is 24.3 Å². The molecule has 2 saturated heterocycles. The number of ether oxygens (including phenoxy) is 1. The molecule has 0 spiro atoms. The van der Waals surface area contributed by atoms with Crippen LogP contribution >= 0.6 is 0 Å². The van der Waals surface area contributed by atoms with Crippen LogP contribution in [0.15, 0.2) is 30.3 Å². The number of hydrogen-bond acceptors (Lipinski definition) is 3. The van der Waals surface area contributed by atoms with Crippen molar-refractivity contribution in [2.75, 3.05) is 39.9 Å². The molecule has 0 N–H and O–H groups in total. The van der Waals surface area contributed by atoms with Crippen molar-refractivity contribution < 1.29 is 14.3 Å². The van der Waals surface area contributed by atoms with Gasteiger partial charge in [-0.25, -0.2) is 0 Å². The van der Waals surface area contributed by atoms with E-state index >= 15 is 0 Å². The summed E-state index contributed by atoms with van der Waals surface area (Å²) in [5.74, 6) is 0.945. The van der Waals surface area contributed by atoms with E-state index < -0.39 is 0 Å². The van der Waals surface area contributed by atoms with Crippen LogP contribution in [0, 0.1) is 5.92 Å². The quantitative estimate of drug-likeness (QED) is 0.842. The Labute approximate surface area is 149 Å². The molecule has 0 saturated carbocycles. The minimum absolute atomic E-state index is 0.0251. The van der Waals surface area contributed by atoms with Gasteiger partial charge in [-0.2, -0.15) is 0 Å². The van der Waals surface area contributed by atoms with Gasteiger partial charge in [-0.1, -0.05) is 30.3 Å². The van der Waals surface area contributed by atoms with Gasteiger partial charge < -0.3 is 14.5 Å². The van der Waals surface area contributed by atoms with E-state index in [1.807, 2.05) is 15.9 Å². The maximum absolute atomic E-state index is 12.8. The number of amides is 2. The van der Waals surface area contributed by atoms with Gasteiger partial charge >= 0.3 is 0 Å². The summed E-state index contributed by atoms with van der Waals surface area (Å²) in [6.45, 7) is 3.16. The number of hydrogen-bond donors (Lipinski definition) is 0. The van der Waals surface area contributed by atoms with Crippen molar-refractivity contribution in [3.8, 4) is 0 Å². The van der Waals surface area contributed by atoms with Crippen molar-refractivity contribution >= 4 is 11.8 Å². The molecular formula is C20H28N2O3. The van der Waals surface area contributed by atoms with Crippen LogP contribution in [0.4, 0.5) is 0 Å². The third-order valence-corrected chi connectivity index (χ3v) is 5.54. The Morgan fingerprint density at radius 3 is 2.16 bits per heavy atom. The Balaban J connectivity index is 1.46. The molecule has 2 aliphatic rings. The zero-order valence-electron chi connectivity index (χ0n) is 15.0. The lowest BCUT2D eigenvalue weighted by atomic mass is 9.88. The van der Waals surface area contributed by atoms with Crippen LogP contribution in [0.3, 0.4) is 0 Å². The van der Waals surface area contributed by atoms with Crippen molar-refractivity contribution in [2.45, 2.75) is 31.6 Å². The SMILES string of the molecule is COCC(=O)N1CCC(C(=O)N2CCC(c3ccccc3)CC2)CC1. The van der Waals surface area contributed by atoms with E-state index in [2.05, 4.69) is 24.3 Å². The maximum atomic E-state index is 12.8. The Bertz CT molecular complexity index is 574. The second-order valence-electron chi connectivity index (χ2n) is 7.10. The molecule has 0 aliphatic carbocycles. The molecule has 2 aliphatic heterocycles. The van der Waals surface area contributed by atoms with E-state index in [4.69, 9.17) is 4.74 Å². The van der Waals surface area contributed by atoms with Crippen molar-refractivity contribution in [3.05, 3.63) is 35.9 Å². The van der Waals surface area contributed by atoms with E-state index in [1.165, 1.54) is 12.7 Å². The predicted octanol–water partition coefficient (Wildman–Crippen LogP) is 2.28. The second-order valence-corrected chi connectivity index (χ2v) is 7.10. The summed E-state index contributed by atoms with van der Waals surface area (Å²) in [5, 5.41) is 0. The molecule has 25 heavy (non-hydrogen) atoms. The summed E-state index contributed by atoms with van der Waals surface area (Å²) in [6.07, 6.45) is 3.63. The maximum Gasteiger partial charge on any atom is 0.248 e. The van der Waals surface area contributed by atoms with Gasteiger partial charge in [0.1, 0.15) is 6.61 Å². The second kappa shape index (κ2) is 8.48. The van der Waals surface area contributed by atoms with Crippen LogP contribution in [-0.2, 0) is 14.3 Å². The first-order chi connectivity index (χ1) is 12.2. The molecule has 5 nitrogen and oxygen atoms in total. The van der Waals surface area contributed by atoms with Gasteiger partial charge in [0.15, 0.2) is 0 Å². The zero-order valence-corrected chi connectivity index (χ0v) is 15.0. The highest BCUT2D eigenvalue weighted by molar-refractivity contribution is 5.80. The van der Waals surface area contributed by atoms with Gasteiger partial charge in [-0.15, -0.1) is 0 Å². The summed E-state index contributed by atoms with van der Waals surface area (Å²) in [4.78, 5) is 28.5. The fourth-order valence-electron chi connectivity index (χ4n) is 4.01. The summed E-state index contributed by atoms with van der Waals surface area (Å²) < 4.78 is 4.91. The molecule has 0 radical (unpaired) electrons. The predicted molar refractivity (Wildman–Crippen MR) is 96.2 cm³/mol. The molecule has 1 aromatic rings. The lowest BCUT2D eigenvalue weighted by molar-refractivity contribution is -0.143. The highest BCUT2D eigenvalue weighted by Crippen LogP contribution is 2.29. The molecule has 136 valence electrons. The molecule has 2 heterocycles. The summed E-state index contributed by atoms with van der Waals surface area (Å²) in [5.41, 5.74) is 1.39. The van der Waals surface area contributed by atoms with Crippen LogP contribution in [-0.4, -0.2) is 61.5 Å². The lowest BCUT2D eigenvalue weighted by Gasteiger charge is -2.37. The van der Waals surface area contributed by atoms with Crippen molar-refractivity contribution in [1.29, 1.82) is 0 Å². The Kier molecular flexibility index (Phi) is 6.08. The minimum atomic E-state index is 0.0251. The molecule has 5 heteroatoms. The molecule has 1 aromatic carbocycles. The van der Waals surface area contributed by atoms with Gasteiger partial charge in [0.2, 0.25) is 11.8 Å². The first-order valence-electron chi connectivity index (χ1n) is 9.29. The van der Waals surface area contributed by atoms with Gasteiger partial charge in [0.05, 0.1) is 0 Å².